The summed E-state index contributed by atoms with van der Waals surface area (Å²) in [5.41, 5.74) is 16.2. The van der Waals surface area contributed by atoms with Crippen LogP contribution >= 0.6 is 24.4 Å². The van der Waals surface area contributed by atoms with Crippen LogP contribution in [0.5, 0.6) is 0 Å². The van der Waals surface area contributed by atoms with Gasteiger partial charge in [-0.3, -0.25) is 19.4 Å². The van der Waals surface area contributed by atoms with Gasteiger partial charge in [0.15, 0.2) is 5.96 Å². The van der Waals surface area contributed by atoms with Crippen molar-refractivity contribution >= 4 is 54.0 Å². The van der Waals surface area contributed by atoms with Gasteiger partial charge in [0, 0.05) is 12.3 Å². The molecule has 33 heavy (non-hydrogen) atoms. The minimum Gasteiger partial charge on any atom is -0.480 e. The molecule has 0 saturated carbocycles. The minimum absolute atomic E-state index is 0.117. The molecule has 0 aromatic rings. The van der Waals surface area contributed by atoms with Crippen molar-refractivity contribution in [2.24, 2.45) is 22.2 Å². The second kappa shape index (κ2) is 16.4. The molecule has 5 unspecified atom stereocenters. The number of nitrogens with zero attached hydrogens (tertiary/aromatic N) is 1. The van der Waals surface area contributed by atoms with Crippen molar-refractivity contribution in [3.05, 3.63) is 0 Å². The number of thiol groups is 1. The van der Waals surface area contributed by atoms with Crippen LogP contribution in [0.1, 0.15) is 26.2 Å². The molecule has 11 N–H and O–H groups in total. The molecule has 0 bridgehead atoms. The molecule has 0 saturated heterocycles. The van der Waals surface area contributed by atoms with Crippen molar-refractivity contribution in [3.63, 3.8) is 0 Å². The third kappa shape index (κ3) is 12.6. The van der Waals surface area contributed by atoms with Gasteiger partial charge in [0.05, 0.1) is 6.10 Å². The number of guanidine groups is 1. The lowest BCUT2D eigenvalue weighted by molar-refractivity contribution is -0.141. The summed E-state index contributed by atoms with van der Waals surface area (Å²) in [6.07, 6.45) is 1.33. The Labute approximate surface area is 202 Å². The predicted molar refractivity (Wildman–Crippen MR) is 130 cm³/mol. The Morgan fingerprint density at radius 1 is 1.00 bits per heavy atom. The molecule has 0 fully saturated rings. The van der Waals surface area contributed by atoms with Gasteiger partial charge in [0.25, 0.3) is 0 Å². The lowest BCUT2D eigenvalue weighted by Gasteiger charge is -2.25. The molecule has 0 aromatic heterocycles. The number of carbonyl (C=O) groups excluding carboxylic acids is 3. The van der Waals surface area contributed by atoms with Crippen LogP contribution in [0.4, 0.5) is 0 Å². The lowest BCUT2D eigenvalue weighted by atomic mass is 10.1. The first kappa shape index (κ1) is 30.8. The Morgan fingerprint density at radius 3 is 1.97 bits per heavy atom. The highest BCUT2D eigenvalue weighted by atomic mass is 32.2. The number of nitrogens with one attached hydrogen (secondary N) is 3. The quantitative estimate of drug-likeness (QED) is 0.0441. The molecule has 0 spiro atoms. The van der Waals surface area contributed by atoms with E-state index in [0.29, 0.717) is 12.2 Å². The molecule has 0 radical (unpaired) electrons. The molecule has 0 heterocycles. The maximum absolute atomic E-state index is 12.9. The number of nitrogens with two attached hydrogens (primary N) is 3. The third-order valence-corrected chi connectivity index (χ3v) is 5.45. The highest BCUT2D eigenvalue weighted by molar-refractivity contribution is 7.98. The van der Waals surface area contributed by atoms with Crippen LogP contribution in [-0.2, 0) is 19.2 Å². The van der Waals surface area contributed by atoms with Gasteiger partial charge in [-0.25, -0.2) is 4.79 Å². The highest BCUT2D eigenvalue weighted by Gasteiger charge is 2.30. The molecule has 0 rings (SSSR count). The van der Waals surface area contributed by atoms with Crippen LogP contribution in [0.25, 0.3) is 0 Å². The zero-order chi connectivity index (χ0) is 25.6. The number of hydrogen-bond donors (Lipinski definition) is 9. The van der Waals surface area contributed by atoms with Crippen molar-refractivity contribution < 1.29 is 29.4 Å². The Hall–Kier alpha value is -2.23. The van der Waals surface area contributed by atoms with Crippen LogP contribution in [0.3, 0.4) is 0 Å². The molecule has 0 aromatic carbocycles. The van der Waals surface area contributed by atoms with E-state index < -0.39 is 54.0 Å². The molecular formula is C18H35N7O6S2. The Morgan fingerprint density at radius 2 is 1.52 bits per heavy atom. The van der Waals surface area contributed by atoms with Gasteiger partial charge in [0.2, 0.25) is 17.7 Å². The Kier molecular flexibility index (Phi) is 15.3. The normalized spacial score (nSPS) is 15.3. The summed E-state index contributed by atoms with van der Waals surface area (Å²) in [5.74, 6) is -3.13. The number of amides is 3. The summed E-state index contributed by atoms with van der Waals surface area (Å²) in [4.78, 5) is 52.9. The second-order valence-electron chi connectivity index (χ2n) is 7.20. The lowest BCUT2D eigenvalue weighted by Crippen LogP contribution is -2.58. The number of thioether (sulfide) groups is 1. The second-order valence-corrected chi connectivity index (χ2v) is 8.55. The van der Waals surface area contributed by atoms with Crippen LogP contribution in [0.2, 0.25) is 0 Å². The van der Waals surface area contributed by atoms with Crippen molar-refractivity contribution in [1.29, 1.82) is 0 Å². The largest absolute Gasteiger partial charge is 0.480 e. The number of carboxylic acid groups (broad SMARTS) is 1. The number of carbonyl (C=O) groups is 4. The summed E-state index contributed by atoms with van der Waals surface area (Å²) < 4.78 is 0. The summed E-state index contributed by atoms with van der Waals surface area (Å²) in [7, 11) is 0. The zero-order valence-electron chi connectivity index (χ0n) is 18.7. The van der Waals surface area contributed by atoms with E-state index in [4.69, 9.17) is 22.3 Å². The van der Waals surface area contributed by atoms with Crippen LogP contribution in [0.15, 0.2) is 4.99 Å². The van der Waals surface area contributed by atoms with E-state index in [1.165, 1.54) is 18.7 Å². The van der Waals surface area contributed by atoms with Gasteiger partial charge in [-0.05, 0) is 38.2 Å². The van der Waals surface area contributed by atoms with E-state index in [9.17, 15) is 24.3 Å². The number of rotatable bonds is 16. The zero-order valence-corrected chi connectivity index (χ0v) is 20.4. The summed E-state index contributed by atoms with van der Waals surface area (Å²) in [5, 5.41) is 26.0. The SMILES string of the molecule is CSCCC(NC(=O)C(CCCN=C(N)N)NC(=O)C(N)C(C)O)C(=O)NC(CS)C(=O)O. The van der Waals surface area contributed by atoms with E-state index >= 15 is 0 Å². The number of aliphatic imine (C=N–C) groups is 1. The van der Waals surface area contributed by atoms with Gasteiger partial charge in [-0.2, -0.15) is 24.4 Å². The van der Waals surface area contributed by atoms with E-state index in [1.54, 1.807) is 0 Å². The van der Waals surface area contributed by atoms with E-state index in [0.717, 1.165) is 0 Å². The van der Waals surface area contributed by atoms with Gasteiger partial charge >= 0.3 is 5.97 Å². The molecule has 0 aliphatic heterocycles. The molecule has 5 atom stereocenters. The first-order chi connectivity index (χ1) is 15.4. The molecular weight excluding hydrogens is 474 g/mol. The molecule has 0 aliphatic carbocycles. The monoisotopic (exact) mass is 509 g/mol. The summed E-state index contributed by atoms with van der Waals surface area (Å²) >= 11 is 5.35. The average Bonchev–Trinajstić information content (AvgIpc) is 2.75. The highest BCUT2D eigenvalue weighted by Crippen LogP contribution is 2.06. The maximum Gasteiger partial charge on any atom is 0.327 e. The van der Waals surface area contributed by atoms with E-state index in [2.05, 4.69) is 33.6 Å². The average molecular weight is 510 g/mol. The van der Waals surface area contributed by atoms with Gasteiger partial charge < -0.3 is 43.4 Å². The number of aliphatic hydroxyl groups is 1. The first-order valence-corrected chi connectivity index (χ1v) is 12.2. The number of aliphatic hydroxyl groups excluding tert-OH is 1. The van der Waals surface area contributed by atoms with Crippen molar-refractivity contribution in [1.82, 2.24) is 16.0 Å². The van der Waals surface area contributed by atoms with Gasteiger partial charge in [0.1, 0.15) is 24.2 Å². The third-order valence-electron chi connectivity index (χ3n) is 4.44. The topological polar surface area (TPSA) is 235 Å². The van der Waals surface area contributed by atoms with E-state index in [1.807, 2.05) is 6.26 Å². The summed E-state index contributed by atoms with van der Waals surface area (Å²) in [6, 6.07) is -4.63. The number of aliphatic carboxylic acids is 1. The minimum atomic E-state index is -1.26. The fourth-order valence-electron chi connectivity index (χ4n) is 2.49. The van der Waals surface area contributed by atoms with Gasteiger partial charge in [-0.1, -0.05) is 0 Å². The molecule has 3 amide bonds. The maximum atomic E-state index is 12.9. The van der Waals surface area contributed by atoms with Crippen molar-refractivity contribution in [3.8, 4) is 0 Å². The molecule has 0 aliphatic rings. The molecule has 13 nitrogen and oxygen atoms in total. The van der Waals surface area contributed by atoms with Crippen LogP contribution in [-0.4, -0.2) is 94.4 Å². The van der Waals surface area contributed by atoms with Crippen LogP contribution in [0, 0.1) is 0 Å². The number of hydrogen-bond acceptors (Lipinski definition) is 9. The molecule has 15 heteroatoms. The van der Waals surface area contributed by atoms with Crippen molar-refractivity contribution in [2.45, 2.75) is 56.5 Å². The Balaban J connectivity index is 5.47. The molecule has 190 valence electrons. The first-order valence-electron chi connectivity index (χ1n) is 10.2. The fraction of sp³-hybridized carbons (Fsp3) is 0.722. The van der Waals surface area contributed by atoms with Gasteiger partial charge in [-0.15, -0.1) is 0 Å². The smallest absolute Gasteiger partial charge is 0.327 e. The number of carboxylic acids is 1. The summed E-state index contributed by atoms with van der Waals surface area (Å²) in [6.45, 7) is 1.53. The standard InChI is InChI=1S/C18H35N7O6S2/c1-9(26)13(19)16(29)24-10(4-3-6-22-18(20)21)14(27)23-11(5-7-33-2)15(28)25-12(8-32)17(30)31/h9-13,26,32H,3-8,19H2,1-2H3,(H,23,27)(H,24,29)(H,25,28)(H,30,31)(H4,20,21,22). The van der Waals surface area contributed by atoms with E-state index in [-0.39, 0.29) is 31.1 Å². The predicted octanol–water partition coefficient (Wildman–Crippen LogP) is -3.03. The van der Waals surface area contributed by atoms with Crippen LogP contribution < -0.4 is 33.2 Å². The fourth-order valence-corrected chi connectivity index (χ4v) is 3.21. The van der Waals surface area contributed by atoms with Crippen molar-refractivity contribution in [2.75, 3.05) is 24.3 Å². The Bertz CT molecular complexity index is 691.